The normalized spacial score (nSPS) is 13.1. The molecule has 0 aliphatic carbocycles. The standard InChI is InChI=1S/C37H39N5O8S/c1-7-22-21(6)36-35(32(43)13-14-38-51(48,49)50)37-23(8-2)18(3)28(41-37)15-26-19(4)24(9-11-33(44)45)30(39-26)17-31-25(10-12-34(46)47)20(5)27(40-31)16-29(22)42-36/h7-8,15-17,38,40-41H,1-2,9-14H2,3-6H3,(H,44,45)(H,46,47)(H,48,49,50). The first-order chi connectivity index (χ1) is 24.0. The number of allylic oxidation sites excluding steroid dienone is 5. The van der Waals surface area contributed by atoms with Crippen molar-refractivity contribution in [1.82, 2.24) is 24.7 Å². The molecule has 5 heterocycles. The van der Waals surface area contributed by atoms with Gasteiger partial charge < -0.3 is 20.2 Å². The Hall–Kier alpha value is -5.44. The molecule has 0 radical (unpaired) electrons. The van der Waals surface area contributed by atoms with Gasteiger partial charge in [0.1, 0.15) is 0 Å². The zero-order valence-electron chi connectivity index (χ0n) is 28.7. The number of rotatable bonds is 13. The predicted molar refractivity (Wildman–Crippen MR) is 197 cm³/mol. The Bertz CT molecular complexity index is 2380. The number of aromatic nitrogens is 4. The van der Waals surface area contributed by atoms with E-state index in [0.717, 1.165) is 27.8 Å². The summed E-state index contributed by atoms with van der Waals surface area (Å²) in [5.41, 5.74) is 10.00. The number of fused-ring (bicyclic) bond motifs is 8. The number of H-pyrrole nitrogens is 2. The van der Waals surface area contributed by atoms with Crippen molar-refractivity contribution < 1.29 is 37.6 Å². The van der Waals surface area contributed by atoms with E-state index < -0.39 is 28.0 Å². The van der Waals surface area contributed by atoms with Crippen molar-refractivity contribution in [3.05, 3.63) is 88.0 Å². The Kier molecular flexibility index (Phi) is 10.4. The van der Waals surface area contributed by atoms with Crippen molar-refractivity contribution in [3.8, 4) is 0 Å². The summed E-state index contributed by atoms with van der Waals surface area (Å²) in [4.78, 5) is 54.1. The number of nitrogens with one attached hydrogen (secondary N) is 3. The second-order valence-electron chi connectivity index (χ2n) is 12.4. The molecule has 8 bridgehead atoms. The van der Waals surface area contributed by atoms with Crippen LogP contribution < -0.4 is 4.72 Å². The van der Waals surface area contributed by atoms with E-state index in [1.54, 1.807) is 25.1 Å². The van der Waals surface area contributed by atoms with E-state index in [1.807, 2.05) is 37.6 Å². The summed E-state index contributed by atoms with van der Waals surface area (Å²) in [5.74, 6) is -2.39. The van der Waals surface area contributed by atoms with Crippen LogP contribution in [-0.2, 0) is 26.3 Å². The quantitative estimate of drug-likeness (QED) is 0.0838. The van der Waals surface area contributed by atoms with Gasteiger partial charge in [0.25, 0.3) is 0 Å². The second-order valence-corrected chi connectivity index (χ2v) is 13.7. The van der Waals surface area contributed by atoms with Gasteiger partial charge in [-0.05, 0) is 92.1 Å². The number of carboxylic acid groups (broad SMARTS) is 2. The van der Waals surface area contributed by atoms with Crippen molar-refractivity contribution in [2.75, 3.05) is 6.54 Å². The smallest absolute Gasteiger partial charge is 0.333 e. The van der Waals surface area contributed by atoms with Crippen LogP contribution >= 0.6 is 0 Å². The lowest BCUT2D eigenvalue weighted by Crippen LogP contribution is -2.25. The van der Waals surface area contributed by atoms with Gasteiger partial charge in [0.2, 0.25) is 0 Å². The molecule has 0 amide bonds. The van der Waals surface area contributed by atoms with Crippen LogP contribution in [0.4, 0.5) is 0 Å². The minimum Gasteiger partial charge on any atom is -0.481 e. The maximum absolute atomic E-state index is 14.1. The SMILES string of the molecule is C=CC1=C(C)c2nc1cc1[nH]c(cc3nc(cc4[nH]c(c(C=C)c4C)c2C(=O)CCNS(=O)(=O)O)C(C)=C3CCC(=O)O)c(CCC(=O)O)c1C. The molecule has 2 aliphatic heterocycles. The van der Waals surface area contributed by atoms with Crippen LogP contribution in [0.5, 0.6) is 0 Å². The highest BCUT2D eigenvalue weighted by Crippen LogP contribution is 2.38. The van der Waals surface area contributed by atoms with Crippen molar-refractivity contribution in [2.45, 2.75) is 59.8 Å². The van der Waals surface area contributed by atoms with Gasteiger partial charge in [-0.25, -0.2) is 9.97 Å². The van der Waals surface area contributed by atoms with Crippen LogP contribution in [0.3, 0.4) is 0 Å². The third-order valence-electron chi connectivity index (χ3n) is 9.27. The number of carboxylic acids is 2. The number of hydrogen-bond acceptors (Lipinski definition) is 7. The molecule has 51 heavy (non-hydrogen) atoms. The maximum Gasteiger partial charge on any atom is 0.333 e. The lowest BCUT2D eigenvalue weighted by Gasteiger charge is -2.07. The van der Waals surface area contributed by atoms with Crippen LogP contribution in [0.25, 0.3) is 50.4 Å². The minimum absolute atomic E-state index is 0.125. The molecule has 13 nitrogen and oxygen atoms in total. The third-order valence-corrected chi connectivity index (χ3v) is 9.84. The van der Waals surface area contributed by atoms with Crippen LogP contribution in [-0.4, -0.2) is 67.4 Å². The van der Waals surface area contributed by atoms with Gasteiger partial charge in [0.15, 0.2) is 5.78 Å². The monoisotopic (exact) mass is 713 g/mol. The van der Waals surface area contributed by atoms with Crippen molar-refractivity contribution in [1.29, 1.82) is 0 Å². The molecule has 0 fully saturated rings. The molecule has 0 saturated carbocycles. The molecule has 2 aliphatic rings. The molecule has 3 aromatic rings. The molecule has 0 unspecified atom stereocenters. The minimum atomic E-state index is -4.55. The Balaban J connectivity index is 1.97. The van der Waals surface area contributed by atoms with Crippen molar-refractivity contribution >= 4 is 78.5 Å². The number of Topliss-reactive ketones (excluding diaryl/α,β-unsaturated/α-hetero) is 1. The van der Waals surface area contributed by atoms with E-state index in [9.17, 15) is 37.6 Å². The predicted octanol–water partition coefficient (Wildman–Crippen LogP) is 6.47. The van der Waals surface area contributed by atoms with E-state index in [2.05, 4.69) is 23.1 Å². The van der Waals surface area contributed by atoms with Crippen LogP contribution in [0.1, 0.15) is 94.9 Å². The molecule has 0 atom stereocenters. The van der Waals surface area contributed by atoms with E-state index in [4.69, 9.17) is 9.97 Å². The van der Waals surface area contributed by atoms with E-state index in [0.29, 0.717) is 61.6 Å². The number of aromatic amines is 2. The summed E-state index contributed by atoms with van der Waals surface area (Å²) in [6.07, 6.45) is 3.10. The molecular formula is C37H39N5O8S. The molecule has 6 N–H and O–H groups in total. The van der Waals surface area contributed by atoms with Crippen molar-refractivity contribution in [2.24, 2.45) is 0 Å². The molecule has 3 aromatic heterocycles. The highest BCUT2D eigenvalue weighted by atomic mass is 32.2. The Morgan fingerprint density at radius 1 is 0.804 bits per heavy atom. The summed E-state index contributed by atoms with van der Waals surface area (Å²) >= 11 is 0. The van der Waals surface area contributed by atoms with E-state index in [1.165, 1.54) is 0 Å². The summed E-state index contributed by atoms with van der Waals surface area (Å²) < 4.78 is 34.0. The Morgan fingerprint density at radius 2 is 1.43 bits per heavy atom. The molecule has 14 heteroatoms. The highest BCUT2D eigenvalue weighted by Gasteiger charge is 2.26. The van der Waals surface area contributed by atoms with Gasteiger partial charge in [-0.2, -0.15) is 13.1 Å². The maximum atomic E-state index is 14.1. The zero-order valence-corrected chi connectivity index (χ0v) is 29.5. The number of aryl methyl sites for hydroxylation is 3. The first-order valence-electron chi connectivity index (χ1n) is 16.2. The fraction of sp³-hybridized carbons (Fsp3) is 0.270. The fourth-order valence-electron chi connectivity index (χ4n) is 6.57. The summed E-state index contributed by atoms with van der Waals surface area (Å²) in [7, 11) is -4.55. The molecule has 0 aromatic carbocycles. The van der Waals surface area contributed by atoms with Crippen LogP contribution in [0.2, 0.25) is 0 Å². The van der Waals surface area contributed by atoms with Gasteiger partial charge in [-0.1, -0.05) is 25.3 Å². The highest BCUT2D eigenvalue weighted by molar-refractivity contribution is 7.83. The van der Waals surface area contributed by atoms with Gasteiger partial charge in [0.05, 0.1) is 33.9 Å². The lowest BCUT2D eigenvalue weighted by atomic mass is 9.97. The Labute approximate surface area is 294 Å². The molecule has 5 rings (SSSR count). The molecule has 266 valence electrons. The number of carbonyl (C=O) groups excluding carboxylic acids is 1. The van der Waals surface area contributed by atoms with Gasteiger partial charge >= 0.3 is 22.2 Å². The molecular weight excluding hydrogens is 675 g/mol. The van der Waals surface area contributed by atoms with Gasteiger partial charge in [-0.3, -0.25) is 18.9 Å². The number of aliphatic carboxylic acids is 2. The number of carbonyl (C=O) groups is 3. The topological polar surface area (TPSA) is 215 Å². The third kappa shape index (κ3) is 7.53. The van der Waals surface area contributed by atoms with Gasteiger partial charge in [0, 0.05) is 53.5 Å². The molecule has 0 saturated heterocycles. The fourth-order valence-corrected chi connectivity index (χ4v) is 6.93. The van der Waals surface area contributed by atoms with Gasteiger partial charge in [-0.15, -0.1) is 0 Å². The average Bonchev–Trinajstić information content (AvgIpc) is 3.71. The van der Waals surface area contributed by atoms with Crippen LogP contribution in [0, 0.1) is 13.8 Å². The summed E-state index contributed by atoms with van der Waals surface area (Å²) in [6.45, 7) is 15.0. The second kappa shape index (κ2) is 14.4. The average molecular weight is 714 g/mol. The lowest BCUT2D eigenvalue weighted by molar-refractivity contribution is -0.137. The number of nitrogens with zero attached hydrogens (tertiary/aromatic N) is 2. The molecule has 0 spiro atoms. The summed E-state index contributed by atoms with van der Waals surface area (Å²) in [6, 6.07) is 5.44. The summed E-state index contributed by atoms with van der Waals surface area (Å²) in [5, 5.41) is 19.1. The number of ketones is 1. The Morgan fingerprint density at radius 3 is 2.06 bits per heavy atom. The van der Waals surface area contributed by atoms with Crippen molar-refractivity contribution in [3.63, 3.8) is 0 Å². The van der Waals surface area contributed by atoms with E-state index >= 15 is 0 Å². The van der Waals surface area contributed by atoms with E-state index in [-0.39, 0.29) is 44.2 Å². The first kappa shape index (κ1) is 36.8. The largest absolute Gasteiger partial charge is 0.481 e. The van der Waals surface area contributed by atoms with Crippen LogP contribution in [0.15, 0.2) is 37.4 Å². The first-order valence-corrected chi connectivity index (χ1v) is 17.6. The number of hydrogen-bond donors (Lipinski definition) is 6. The zero-order chi connectivity index (χ0) is 37.4.